The van der Waals surface area contributed by atoms with E-state index in [1.165, 1.54) is 11.1 Å². The topological polar surface area (TPSA) is 55.6 Å². The minimum absolute atomic E-state index is 0.255. The minimum Gasteiger partial charge on any atom is -0.379 e. The highest BCUT2D eigenvalue weighted by atomic mass is 15.5. The van der Waals surface area contributed by atoms with E-state index in [2.05, 4.69) is 59.0 Å². The zero-order valence-corrected chi connectivity index (χ0v) is 12.1. The Morgan fingerprint density at radius 3 is 2.48 bits per heavy atom. The van der Waals surface area contributed by atoms with Crippen LogP contribution >= 0.6 is 0 Å². The Kier molecular flexibility index (Phi) is 3.64. The molecule has 0 radical (unpaired) electrons. The maximum atomic E-state index is 3.87. The lowest BCUT2D eigenvalue weighted by Crippen LogP contribution is -2.08. The highest BCUT2D eigenvalue weighted by Crippen LogP contribution is 2.22. The number of nitrogens with zero attached hydrogens (tertiary/aromatic N) is 4. The fourth-order valence-electron chi connectivity index (χ4n) is 2.39. The number of aryl methyl sites for hydroxylation is 1. The van der Waals surface area contributed by atoms with Crippen molar-refractivity contribution in [3.63, 3.8) is 0 Å². The molecule has 1 atom stereocenters. The summed E-state index contributed by atoms with van der Waals surface area (Å²) >= 11 is 0. The molecule has 1 aromatic heterocycles. The first kappa shape index (κ1) is 13.3. The van der Waals surface area contributed by atoms with Crippen molar-refractivity contribution in [2.45, 2.75) is 19.9 Å². The van der Waals surface area contributed by atoms with Gasteiger partial charge in [0.1, 0.15) is 6.33 Å². The summed E-state index contributed by atoms with van der Waals surface area (Å²) in [6.07, 6.45) is 1.58. The normalized spacial score (nSPS) is 12.1. The van der Waals surface area contributed by atoms with Gasteiger partial charge in [-0.1, -0.05) is 24.3 Å². The van der Waals surface area contributed by atoms with E-state index in [0.717, 1.165) is 11.4 Å². The second-order valence-electron chi connectivity index (χ2n) is 5.02. The number of nitrogens with one attached hydrogen (secondary N) is 1. The molecule has 106 valence electrons. The first-order valence-corrected chi connectivity index (χ1v) is 6.89. The molecule has 0 saturated heterocycles. The number of hydrogen-bond acceptors (Lipinski definition) is 4. The molecule has 5 nitrogen and oxygen atoms in total. The predicted molar refractivity (Wildman–Crippen MR) is 82.4 cm³/mol. The average molecular weight is 279 g/mol. The van der Waals surface area contributed by atoms with Gasteiger partial charge in [-0.2, -0.15) is 0 Å². The molecule has 0 saturated carbocycles. The van der Waals surface area contributed by atoms with Crippen LogP contribution in [0.25, 0.3) is 5.69 Å². The number of aromatic nitrogens is 4. The average Bonchev–Trinajstić information content (AvgIpc) is 3.02. The van der Waals surface area contributed by atoms with Crippen LogP contribution in [0.5, 0.6) is 0 Å². The largest absolute Gasteiger partial charge is 0.379 e. The maximum absolute atomic E-state index is 3.87. The van der Waals surface area contributed by atoms with Gasteiger partial charge >= 0.3 is 0 Å². The van der Waals surface area contributed by atoms with Gasteiger partial charge in [-0.05, 0) is 59.7 Å². The molecular weight excluding hydrogens is 262 g/mol. The third-order valence-corrected chi connectivity index (χ3v) is 3.52. The Labute approximate surface area is 123 Å². The van der Waals surface area contributed by atoms with E-state index in [0.29, 0.717) is 0 Å². The van der Waals surface area contributed by atoms with Crippen LogP contribution in [-0.4, -0.2) is 20.2 Å². The standard InChI is InChI=1S/C16H17N5/c1-12-5-3-4-6-16(12)13(2)18-14-7-9-15(10-8-14)21-11-17-19-20-21/h3-11,13,18H,1-2H3. The molecule has 1 unspecified atom stereocenters. The fourth-order valence-corrected chi connectivity index (χ4v) is 2.39. The highest BCUT2D eigenvalue weighted by Gasteiger charge is 2.07. The van der Waals surface area contributed by atoms with Gasteiger partial charge < -0.3 is 5.32 Å². The van der Waals surface area contributed by atoms with E-state index in [9.17, 15) is 0 Å². The summed E-state index contributed by atoms with van der Waals surface area (Å²) in [7, 11) is 0. The molecule has 0 spiro atoms. The van der Waals surface area contributed by atoms with Gasteiger partial charge in [0.15, 0.2) is 0 Å². The number of tetrazole rings is 1. The first-order chi connectivity index (χ1) is 10.2. The van der Waals surface area contributed by atoms with E-state index >= 15 is 0 Å². The van der Waals surface area contributed by atoms with Crippen molar-refractivity contribution in [1.82, 2.24) is 20.2 Å². The Morgan fingerprint density at radius 2 is 1.81 bits per heavy atom. The predicted octanol–water partition coefficient (Wildman–Crippen LogP) is 3.14. The van der Waals surface area contributed by atoms with E-state index in [1.807, 2.05) is 24.3 Å². The van der Waals surface area contributed by atoms with Gasteiger partial charge in [-0.3, -0.25) is 0 Å². The number of anilines is 1. The molecule has 3 rings (SSSR count). The molecule has 0 aliphatic rings. The van der Waals surface area contributed by atoms with Crippen molar-refractivity contribution in [1.29, 1.82) is 0 Å². The van der Waals surface area contributed by atoms with Crippen LogP contribution in [0.4, 0.5) is 5.69 Å². The van der Waals surface area contributed by atoms with Crippen molar-refractivity contribution in [3.05, 3.63) is 66.0 Å². The molecular formula is C16H17N5. The number of benzene rings is 2. The van der Waals surface area contributed by atoms with Crippen LogP contribution in [-0.2, 0) is 0 Å². The second kappa shape index (κ2) is 5.75. The van der Waals surface area contributed by atoms with Gasteiger partial charge in [0, 0.05) is 11.7 Å². The summed E-state index contributed by atoms with van der Waals surface area (Å²) < 4.78 is 1.63. The summed E-state index contributed by atoms with van der Waals surface area (Å²) in [5.41, 5.74) is 4.61. The van der Waals surface area contributed by atoms with Gasteiger partial charge in [0.05, 0.1) is 5.69 Å². The third-order valence-electron chi connectivity index (χ3n) is 3.52. The Morgan fingerprint density at radius 1 is 1.05 bits per heavy atom. The van der Waals surface area contributed by atoms with Gasteiger partial charge in [-0.25, -0.2) is 4.68 Å². The highest BCUT2D eigenvalue weighted by molar-refractivity contribution is 5.50. The maximum Gasteiger partial charge on any atom is 0.143 e. The molecule has 5 heteroatoms. The molecule has 21 heavy (non-hydrogen) atoms. The number of rotatable bonds is 4. The zero-order valence-electron chi connectivity index (χ0n) is 12.1. The Hall–Kier alpha value is -2.69. The van der Waals surface area contributed by atoms with Crippen LogP contribution < -0.4 is 5.32 Å². The van der Waals surface area contributed by atoms with Crippen LogP contribution in [0.1, 0.15) is 24.1 Å². The van der Waals surface area contributed by atoms with Crippen LogP contribution in [0.3, 0.4) is 0 Å². The third kappa shape index (κ3) is 2.91. The zero-order chi connectivity index (χ0) is 14.7. The van der Waals surface area contributed by atoms with Crippen molar-refractivity contribution < 1.29 is 0 Å². The molecule has 2 aromatic carbocycles. The first-order valence-electron chi connectivity index (χ1n) is 6.89. The van der Waals surface area contributed by atoms with Crippen molar-refractivity contribution in [3.8, 4) is 5.69 Å². The van der Waals surface area contributed by atoms with Crippen molar-refractivity contribution >= 4 is 5.69 Å². The van der Waals surface area contributed by atoms with Crippen molar-refractivity contribution in [2.24, 2.45) is 0 Å². The molecule has 1 N–H and O–H groups in total. The van der Waals surface area contributed by atoms with Gasteiger partial charge in [0.2, 0.25) is 0 Å². The Balaban J connectivity index is 1.75. The van der Waals surface area contributed by atoms with E-state index < -0.39 is 0 Å². The smallest absolute Gasteiger partial charge is 0.143 e. The summed E-state index contributed by atoms with van der Waals surface area (Å²) in [5.74, 6) is 0. The Bertz CT molecular complexity index is 704. The second-order valence-corrected chi connectivity index (χ2v) is 5.02. The fraction of sp³-hybridized carbons (Fsp3) is 0.188. The van der Waals surface area contributed by atoms with Crippen LogP contribution in [0.2, 0.25) is 0 Å². The molecule has 0 bridgehead atoms. The molecule has 3 aromatic rings. The molecule has 0 amide bonds. The molecule has 1 heterocycles. The summed E-state index contributed by atoms with van der Waals surface area (Å²) in [6.45, 7) is 4.30. The monoisotopic (exact) mass is 279 g/mol. The lowest BCUT2D eigenvalue weighted by molar-refractivity contribution is 0.789. The lowest BCUT2D eigenvalue weighted by Gasteiger charge is -2.18. The van der Waals surface area contributed by atoms with E-state index in [-0.39, 0.29) is 6.04 Å². The molecule has 0 aliphatic carbocycles. The van der Waals surface area contributed by atoms with E-state index in [4.69, 9.17) is 0 Å². The summed E-state index contributed by atoms with van der Waals surface area (Å²) in [5, 5.41) is 14.7. The lowest BCUT2D eigenvalue weighted by atomic mass is 10.0. The van der Waals surface area contributed by atoms with Crippen LogP contribution in [0.15, 0.2) is 54.9 Å². The van der Waals surface area contributed by atoms with Gasteiger partial charge in [0.25, 0.3) is 0 Å². The molecule has 0 aliphatic heterocycles. The van der Waals surface area contributed by atoms with Gasteiger partial charge in [-0.15, -0.1) is 5.10 Å². The SMILES string of the molecule is Cc1ccccc1C(C)Nc1ccc(-n2cnnn2)cc1. The minimum atomic E-state index is 0.255. The summed E-state index contributed by atoms with van der Waals surface area (Å²) in [6, 6.07) is 16.7. The quantitative estimate of drug-likeness (QED) is 0.797. The summed E-state index contributed by atoms with van der Waals surface area (Å²) in [4.78, 5) is 0. The van der Waals surface area contributed by atoms with E-state index in [1.54, 1.807) is 11.0 Å². The van der Waals surface area contributed by atoms with Crippen molar-refractivity contribution in [2.75, 3.05) is 5.32 Å². The van der Waals surface area contributed by atoms with Crippen LogP contribution in [0, 0.1) is 6.92 Å². The molecule has 0 fully saturated rings. The number of hydrogen-bond donors (Lipinski definition) is 1.